The first-order valence-electron chi connectivity index (χ1n) is 7.25. The predicted octanol–water partition coefficient (Wildman–Crippen LogP) is 3.90. The van der Waals surface area contributed by atoms with Gasteiger partial charge in [-0.25, -0.2) is 9.97 Å². The SMILES string of the molecule is CCCCNc1nc(C)cc(C(=O)Nc2cccc(Cl)c2)n1. The van der Waals surface area contributed by atoms with Gasteiger partial charge in [0.25, 0.3) is 5.91 Å². The third-order valence-electron chi connectivity index (χ3n) is 2.98. The number of benzene rings is 1. The van der Waals surface area contributed by atoms with Crippen LogP contribution in [0.1, 0.15) is 35.9 Å². The molecule has 2 aromatic rings. The molecule has 2 rings (SSSR count). The van der Waals surface area contributed by atoms with Gasteiger partial charge in [-0.1, -0.05) is 31.0 Å². The monoisotopic (exact) mass is 318 g/mol. The van der Waals surface area contributed by atoms with Crippen molar-refractivity contribution in [3.63, 3.8) is 0 Å². The van der Waals surface area contributed by atoms with Gasteiger partial charge in [-0.15, -0.1) is 0 Å². The van der Waals surface area contributed by atoms with Gasteiger partial charge in [0, 0.05) is 22.9 Å². The molecule has 0 aliphatic rings. The fourth-order valence-corrected chi connectivity index (χ4v) is 2.09. The molecule has 116 valence electrons. The van der Waals surface area contributed by atoms with Crippen LogP contribution in [0, 0.1) is 6.92 Å². The number of aromatic nitrogens is 2. The number of anilines is 2. The maximum absolute atomic E-state index is 12.3. The van der Waals surface area contributed by atoms with E-state index in [4.69, 9.17) is 11.6 Å². The Labute approximate surface area is 135 Å². The second-order valence-electron chi connectivity index (χ2n) is 4.96. The lowest BCUT2D eigenvalue weighted by Gasteiger charge is -2.08. The summed E-state index contributed by atoms with van der Waals surface area (Å²) in [5.74, 6) is 0.191. The van der Waals surface area contributed by atoms with E-state index in [9.17, 15) is 4.79 Å². The van der Waals surface area contributed by atoms with Crippen LogP contribution in [0.25, 0.3) is 0 Å². The molecule has 5 nitrogen and oxygen atoms in total. The van der Waals surface area contributed by atoms with E-state index in [-0.39, 0.29) is 5.91 Å². The van der Waals surface area contributed by atoms with E-state index in [0.29, 0.717) is 22.4 Å². The van der Waals surface area contributed by atoms with Gasteiger partial charge in [0.05, 0.1) is 0 Å². The molecule has 6 heteroatoms. The number of nitrogens with zero attached hydrogens (tertiary/aromatic N) is 2. The summed E-state index contributed by atoms with van der Waals surface area (Å²) in [5.41, 5.74) is 1.70. The van der Waals surface area contributed by atoms with Crippen molar-refractivity contribution in [2.45, 2.75) is 26.7 Å². The number of hydrogen-bond acceptors (Lipinski definition) is 4. The first kappa shape index (κ1) is 16.2. The highest BCUT2D eigenvalue weighted by Gasteiger charge is 2.11. The van der Waals surface area contributed by atoms with Crippen LogP contribution in [0.5, 0.6) is 0 Å². The molecule has 1 aromatic carbocycles. The van der Waals surface area contributed by atoms with Gasteiger partial charge in [0.1, 0.15) is 5.69 Å². The van der Waals surface area contributed by atoms with Crippen LogP contribution >= 0.6 is 11.6 Å². The van der Waals surface area contributed by atoms with E-state index >= 15 is 0 Å². The summed E-state index contributed by atoms with van der Waals surface area (Å²) in [4.78, 5) is 20.8. The number of halogens is 1. The molecule has 0 unspecified atom stereocenters. The molecular formula is C16H19ClN4O. The Hall–Kier alpha value is -2.14. The zero-order valence-electron chi connectivity index (χ0n) is 12.7. The van der Waals surface area contributed by atoms with Crippen molar-refractivity contribution < 1.29 is 4.79 Å². The Morgan fingerprint density at radius 1 is 1.27 bits per heavy atom. The lowest BCUT2D eigenvalue weighted by atomic mass is 10.3. The molecule has 22 heavy (non-hydrogen) atoms. The average molecular weight is 319 g/mol. The lowest BCUT2D eigenvalue weighted by molar-refractivity contribution is 0.102. The van der Waals surface area contributed by atoms with Crippen molar-refractivity contribution >= 4 is 29.1 Å². The van der Waals surface area contributed by atoms with Gasteiger partial charge in [-0.2, -0.15) is 0 Å². The van der Waals surface area contributed by atoms with Crippen LogP contribution < -0.4 is 10.6 Å². The molecule has 0 aliphatic heterocycles. The van der Waals surface area contributed by atoms with Crippen LogP contribution in [-0.4, -0.2) is 22.4 Å². The number of rotatable bonds is 6. The molecule has 0 saturated heterocycles. The van der Waals surface area contributed by atoms with E-state index < -0.39 is 0 Å². The summed E-state index contributed by atoms with van der Waals surface area (Å²) in [7, 11) is 0. The molecule has 1 heterocycles. The minimum absolute atomic E-state index is 0.286. The minimum Gasteiger partial charge on any atom is -0.354 e. The van der Waals surface area contributed by atoms with Crippen molar-refractivity contribution in [2.24, 2.45) is 0 Å². The molecule has 0 bridgehead atoms. The Morgan fingerprint density at radius 2 is 2.09 bits per heavy atom. The van der Waals surface area contributed by atoms with Crippen molar-refractivity contribution in [3.05, 3.63) is 46.7 Å². The summed E-state index contributed by atoms with van der Waals surface area (Å²) >= 11 is 5.91. The summed E-state index contributed by atoms with van der Waals surface area (Å²) in [6.45, 7) is 4.74. The average Bonchev–Trinajstić information content (AvgIpc) is 2.47. The highest BCUT2D eigenvalue weighted by molar-refractivity contribution is 6.30. The molecule has 0 fully saturated rings. The van der Waals surface area contributed by atoms with Gasteiger partial charge in [-0.3, -0.25) is 4.79 Å². The largest absolute Gasteiger partial charge is 0.354 e. The van der Waals surface area contributed by atoms with Crippen LogP contribution in [0.4, 0.5) is 11.6 Å². The van der Waals surface area contributed by atoms with Crippen LogP contribution in [0.15, 0.2) is 30.3 Å². The van der Waals surface area contributed by atoms with E-state index in [1.165, 1.54) is 0 Å². The van der Waals surface area contributed by atoms with Gasteiger partial charge in [0.15, 0.2) is 0 Å². The minimum atomic E-state index is -0.286. The second kappa shape index (κ2) is 7.75. The Kier molecular flexibility index (Phi) is 5.72. The summed E-state index contributed by atoms with van der Waals surface area (Å²) in [5, 5.41) is 6.48. The molecule has 0 spiro atoms. The standard InChI is InChI=1S/C16H19ClN4O/c1-3-4-8-18-16-19-11(2)9-14(21-16)15(22)20-13-7-5-6-12(17)10-13/h5-7,9-10H,3-4,8H2,1-2H3,(H,20,22)(H,18,19,21). The first-order valence-corrected chi connectivity index (χ1v) is 7.62. The zero-order valence-corrected chi connectivity index (χ0v) is 13.4. The Bertz CT molecular complexity index is 660. The number of unbranched alkanes of at least 4 members (excludes halogenated alkanes) is 1. The van der Waals surface area contributed by atoms with Gasteiger partial charge < -0.3 is 10.6 Å². The molecule has 1 amide bonds. The smallest absolute Gasteiger partial charge is 0.274 e. The zero-order chi connectivity index (χ0) is 15.9. The number of aryl methyl sites for hydroxylation is 1. The molecule has 0 aliphatic carbocycles. The fourth-order valence-electron chi connectivity index (χ4n) is 1.90. The second-order valence-corrected chi connectivity index (χ2v) is 5.40. The van der Waals surface area contributed by atoms with Crippen molar-refractivity contribution in [1.82, 2.24) is 9.97 Å². The predicted molar refractivity (Wildman–Crippen MR) is 89.6 cm³/mol. The van der Waals surface area contributed by atoms with Crippen molar-refractivity contribution in [3.8, 4) is 0 Å². The van der Waals surface area contributed by atoms with Gasteiger partial charge in [0.2, 0.25) is 5.95 Å². The van der Waals surface area contributed by atoms with Crippen molar-refractivity contribution in [1.29, 1.82) is 0 Å². The van der Waals surface area contributed by atoms with E-state index in [0.717, 1.165) is 25.1 Å². The normalized spacial score (nSPS) is 10.3. The molecular weight excluding hydrogens is 300 g/mol. The summed E-state index contributed by atoms with van der Waals surface area (Å²) in [6, 6.07) is 8.65. The van der Waals surface area contributed by atoms with Gasteiger partial charge in [-0.05, 0) is 37.6 Å². The Balaban J connectivity index is 2.11. The lowest BCUT2D eigenvalue weighted by Crippen LogP contribution is -2.16. The molecule has 0 radical (unpaired) electrons. The van der Waals surface area contributed by atoms with Crippen LogP contribution in [-0.2, 0) is 0 Å². The number of hydrogen-bond donors (Lipinski definition) is 2. The molecule has 0 atom stereocenters. The van der Waals surface area contributed by atoms with E-state index in [1.54, 1.807) is 30.3 Å². The topological polar surface area (TPSA) is 66.9 Å². The maximum Gasteiger partial charge on any atom is 0.274 e. The third kappa shape index (κ3) is 4.70. The highest BCUT2D eigenvalue weighted by atomic mass is 35.5. The van der Waals surface area contributed by atoms with Gasteiger partial charge >= 0.3 is 0 Å². The number of amides is 1. The summed E-state index contributed by atoms with van der Waals surface area (Å²) < 4.78 is 0. The molecule has 0 saturated carbocycles. The summed E-state index contributed by atoms with van der Waals surface area (Å²) in [6.07, 6.45) is 2.11. The van der Waals surface area contributed by atoms with E-state index in [1.807, 2.05) is 6.92 Å². The van der Waals surface area contributed by atoms with Crippen LogP contribution in [0.2, 0.25) is 5.02 Å². The number of carbonyl (C=O) groups is 1. The highest BCUT2D eigenvalue weighted by Crippen LogP contribution is 2.16. The van der Waals surface area contributed by atoms with Crippen molar-refractivity contribution in [2.75, 3.05) is 17.2 Å². The fraction of sp³-hybridized carbons (Fsp3) is 0.312. The quantitative estimate of drug-likeness (QED) is 0.793. The van der Waals surface area contributed by atoms with Crippen LogP contribution in [0.3, 0.4) is 0 Å². The molecule has 2 N–H and O–H groups in total. The Morgan fingerprint density at radius 3 is 2.82 bits per heavy atom. The maximum atomic E-state index is 12.3. The third-order valence-corrected chi connectivity index (χ3v) is 3.22. The molecule has 1 aromatic heterocycles. The number of carbonyl (C=O) groups excluding carboxylic acids is 1. The van der Waals surface area contributed by atoms with E-state index in [2.05, 4.69) is 27.5 Å². The first-order chi connectivity index (χ1) is 10.6. The number of nitrogens with one attached hydrogen (secondary N) is 2.